The zero-order chi connectivity index (χ0) is 13.0. The van der Waals surface area contributed by atoms with Crippen molar-refractivity contribution in [2.75, 3.05) is 0 Å². The summed E-state index contributed by atoms with van der Waals surface area (Å²) >= 11 is 0. The minimum atomic E-state index is -0.778. The number of aliphatic carboxylic acids is 1. The van der Waals surface area contributed by atoms with Crippen LogP contribution in [0.4, 0.5) is 0 Å². The molecule has 0 bridgehead atoms. The van der Waals surface area contributed by atoms with E-state index >= 15 is 0 Å². The third-order valence-electron chi connectivity index (χ3n) is 2.75. The van der Waals surface area contributed by atoms with Gasteiger partial charge in [0.25, 0.3) is 0 Å². The highest BCUT2D eigenvalue weighted by atomic mass is 16.4. The first-order chi connectivity index (χ1) is 8.68. The van der Waals surface area contributed by atoms with Crippen LogP contribution in [-0.2, 0) is 11.3 Å². The summed E-state index contributed by atoms with van der Waals surface area (Å²) in [4.78, 5) is 22.2. The third-order valence-corrected chi connectivity index (χ3v) is 2.75. The number of rotatable bonds is 6. The van der Waals surface area contributed by atoms with Gasteiger partial charge in [-0.3, -0.25) is 9.20 Å². The molecule has 6 heteroatoms. The zero-order valence-corrected chi connectivity index (χ0v) is 9.95. The summed E-state index contributed by atoms with van der Waals surface area (Å²) in [6, 6.07) is 5.40. The maximum Gasteiger partial charge on any atom is 0.350 e. The van der Waals surface area contributed by atoms with Crippen molar-refractivity contribution in [3.8, 4) is 0 Å². The van der Waals surface area contributed by atoms with E-state index in [1.54, 1.807) is 18.3 Å². The molecule has 2 aromatic rings. The average Bonchev–Trinajstić information content (AvgIpc) is 2.66. The topological polar surface area (TPSA) is 76.6 Å². The van der Waals surface area contributed by atoms with Crippen LogP contribution in [0.5, 0.6) is 0 Å². The van der Waals surface area contributed by atoms with E-state index in [1.807, 2.05) is 6.07 Å². The molecule has 18 heavy (non-hydrogen) atoms. The molecular weight excluding hydrogens is 234 g/mol. The van der Waals surface area contributed by atoms with Crippen molar-refractivity contribution in [1.29, 1.82) is 0 Å². The number of carboxylic acid groups (broad SMARTS) is 1. The number of fused-ring (bicyclic) bond motifs is 1. The number of nitrogens with zero attached hydrogens (tertiary/aromatic N) is 3. The van der Waals surface area contributed by atoms with Crippen molar-refractivity contribution in [2.24, 2.45) is 0 Å². The van der Waals surface area contributed by atoms with E-state index in [4.69, 9.17) is 5.11 Å². The van der Waals surface area contributed by atoms with Crippen LogP contribution in [0, 0.1) is 0 Å². The lowest BCUT2D eigenvalue weighted by atomic mass is 10.2. The fourth-order valence-corrected chi connectivity index (χ4v) is 1.83. The van der Waals surface area contributed by atoms with Gasteiger partial charge in [-0.25, -0.2) is 9.48 Å². The van der Waals surface area contributed by atoms with E-state index in [1.165, 1.54) is 9.08 Å². The number of aromatic nitrogens is 3. The van der Waals surface area contributed by atoms with E-state index in [0.29, 0.717) is 18.6 Å². The smallest absolute Gasteiger partial charge is 0.350 e. The molecule has 2 aromatic heterocycles. The number of pyridine rings is 1. The summed E-state index contributed by atoms with van der Waals surface area (Å²) in [5.41, 5.74) is 0.483. The van der Waals surface area contributed by atoms with Crippen molar-refractivity contribution in [3.05, 3.63) is 34.9 Å². The molecule has 0 radical (unpaired) electrons. The molecule has 2 heterocycles. The second-order valence-electron chi connectivity index (χ2n) is 4.14. The average molecular weight is 249 g/mol. The fourth-order valence-electron chi connectivity index (χ4n) is 1.83. The van der Waals surface area contributed by atoms with Gasteiger partial charge >= 0.3 is 11.7 Å². The van der Waals surface area contributed by atoms with Crippen LogP contribution >= 0.6 is 0 Å². The second-order valence-corrected chi connectivity index (χ2v) is 4.14. The highest BCUT2D eigenvalue weighted by Gasteiger charge is 2.05. The van der Waals surface area contributed by atoms with Gasteiger partial charge in [-0.05, 0) is 25.0 Å². The molecule has 0 amide bonds. The lowest BCUT2D eigenvalue weighted by Crippen LogP contribution is -2.21. The Morgan fingerprint density at radius 3 is 2.83 bits per heavy atom. The maximum absolute atomic E-state index is 11.9. The van der Waals surface area contributed by atoms with Gasteiger partial charge in [0.05, 0.1) is 0 Å². The summed E-state index contributed by atoms with van der Waals surface area (Å²) in [5.74, 6) is -0.778. The van der Waals surface area contributed by atoms with Crippen molar-refractivity contribution in [2.45, 2.75) is 32.2 Å². The third kappa shape index (κ3) is 2.77. The molecule has 0 saturated carbocycles. The molecule has 0 aliphatic heterocycles. The monoisotopic (exact) mass is 249 g/mol. The van der Waals surface area contributed by atoms with Crippen LogP contribution < -0.4 is 5.69 Å². The predicted octanol–water partition coefficient (Wildman–Crippen LogP) is 1.14. The number of carbonyl (C=O) groups is 1. The van der Waals surface area contributed by atoms with E-state index in [2.05, 4.69) is 5.10 Å². The Balaban J connectivity index is 1.94. The van der Waals surface area contributed by atoms with Crippen LogP contribution in [0.2, 0.25) is 0 Å². The van der Waals surface area contributed by atoms with Crippen molar-refractivity contribution in [1.82, 2.24) is 14.2 Å². The predicted molar refractivity (Wildman–Crippen MR) is 65.6 cm³/mol. The Kier molecular flexibility index (Phi) is 3.76. The van der Waals surface area contributed by atoms with Crippen molar-refractivity contribution < 1.29 is 9.90 Å². The summed E-state index contributed by atoms with van der Waals surface area (Å²) in [6.07, 6.45) is 4.05. The number of hydrogen-bond acceptors (Lipinski definition) is 3. The molecule has 0 fully saturated rings. The summed E-state index contributed by atoms with van der Waals surface area (Å²) in [7, 11) is 0. The first-order valence-electron chi connectivity index (χ1n) is 5.94. The van der Waals surface area contributed by atoms with Gasteiger partial charge in [0.1, 0.15) is 0 Å². The van der Waals surface area contributed by atoms with Gasteiger partial charge in [-0.2, -0.15) is 0 Å². The number of hydrogen-bond donors (Lipinski definition) is 1. The largest absolute Gasteiger partial charge is 0.481 e. The number of carboxylic acids is 1. The highest BCUT2D eigenvalue weighted by molar-refractivity contribution is 5.66. The van der Waals surface area contributed by atoms with E-state index in [-0.39, 0.29) is 12.1 Å². The van der Waals surface area contributed by atoms with Crippen LogP contribution in [-0.4, -0.2) is 25.3 Å². The van der Waals surface area contributed by atoms with Gasteiger partial charge in [0, 0.05) is 19.2 Å². The molecule has 96 valence electrons. The van der Waals surface area contributed by atoms with Gasteiger partial charge < -0.3 is 5.11 Å². The van der Waals surface area contributed by atoms with Gasteiger partial charge in [-0.1, -0.05) is 12.5 Å². The molecule has 0 unspecified atom stereocenters. The summed E-state index contributed by atoms with van der Waals surface area (Å²) in [6.45, 7) is 0.528. The molecule has 0 atom stereocenters. The summed E-state index contributed by atoms with van der Waals surface area (Å²) in [5, 5.41) is 12.7. The van der Waals surface area contributed by atoms with Crippen molar-refractivity contribution in [3.63, 3.8) is 0 Å². The molecule has 0 aliphatic carbocycles. The lowest BCUT2D eigenvalue weighted by molar-refractivity contribution is -0.137. The van der Waals surface area contributed by atoms with Crippen LogP contribution in [0.25, 0.3) is 5.65 Å². The first-order valence-corrected chi connectivity index (χ1v) is 5.94. The van der Waals surface area contributed by atoms with E-state index < -0.39 is 5.97 Å². The Morgan fingerprint density at radius 2 is 2.11 bits per heavy atom. The molecular formula is C12H15N3O3. The van der Waals surface area contributed by atoms with E-state index in [9.17, 15) is 9.59 Å². The maximum atomic E-state index is 11.9. The molecule has 6 nitrogen and oxygen atoms in total. The second kappa shape index (κ2) is 5.48. The molecule has 1 N–H and O–H groups in total. The standard InChI is InChI=1S/C12H15N3O3/c16-11(17)7-2-1-4-9-15-12(18)14-8-5-3-6-10(14)13-15/h3,5-6,8H,1-2,4,7,9H2,(H,16,17). The molecule has 0 aromatic carbocycles. The summed E-state index contributed by atoms with van der Waals surface area (Å²) < 4.78 is 2.92. The van der Waals surface area contributed by atoms with Crippen LogP contribution in [0.3, 0.4) is 0 Å². The van der Waals surface area contributed by atoms with E-state index in [0.717, 1.165) is 12.8 Å². The quantitative estimate of drug-likeness (QED) is 0.779. The normalized spacial score (nSPS) is 10.9. The minimum Gasteiger partial charge on any atom is -0.481 e. The van der Waals surface area contributed by atoms with Crippen LogP contribution in [0.1, 0.15) is 25.7 Å². The SMILES string of the molecule is O=C(O)CCCCCn1nc2ccccn2c1=O. The lowest BCUT2D eigenvalue weighted by Gasteiger charge is -1.98. The minimum absolute atomic E-state index is 0.149. The van der Waals surface area contributed by atoms with Gasteiger partial charge in [0.2, 0.25) is 0 Å². The molecule has 0 spiro atoms. The molecule has 0 saturated heterocycles. The molecule has 2 rings (SSSR count). The van der Waals surface area contributed by atoms with Gasteiger partial charge in [-0.15, -0.1) is 5.10 Å². The molecule has 0 aliphatic rings. The highest BCUT2D eigenvalue weighted by Crippen LogP contribution is 2.02. The van der Waals surface area contributed by atoms with Gasteiger partial charge in [0.15, 0.2) is 5.65 Å². The first kappa shape index (κ1) is 12.3. The Bertz CT molecular complexity index is 600. The number of unbranched alkanes of at least 4 members (excludes halogenated alkanes) is 2. The Morgan fingerprint density at radius 1 is 1.28 bits per heavy atom. The number of aryl methyl sites for hydroxylation is 1. The Labute approximate surface area is 103 Å². The Hall–Kier alpha value is -2.11. The van der Waals surface area contributed by atoms with Crippen molar-refractivity contribution >= 4 is 11.6 Å². The van der Waals surface area contributed by atoms with Crippen LogP contribution in [0.15, 0.2) is 29.2 Å². The zero-order valence-electron chi connectivity index (χ0n) is 9.95. The fraction of sp³-hybridized carbons (Fsp3) is 0.417.